The highest BCUT2D eigenvalue weighted by Gasteiger charge is 2.38. The van der Waals surface area contributed by atoms with Gasteiger partial charge in [0.2, 0.25) is 5.91 Å². The van der Waals surface area contributed by atoms with Crippen LogP contribution in [-0.2, 0) is 9.59 Å². The molecule has 1 aliphatic carbocycles. The van der Waals surface area contributed by atoms with Crippen molar-refractivity contribution in [3.05, 3.63) is 0 Å². The third-order valence-corrected chi connectivity index (χ3v) is 3.42. The number of nitrogens with two attached hydrogens (primary N) is 1. The van der Waals surface area contributed by atoms with E-state index in [2.05, 4.69) is 5.32 Å². The maximum Gasteiger partial charge on any atom is 0.334 e. The number of carboxylic acids is 1. The lowest BCUT2D eigenvalue weighted by Crippen LogP contribution is -2.49. The SMILES string of the molecule is NCC1(C(=O)NC[C@H](O)C(=O)O)CCCCC1. The molecule has 1 amide bonds. The van der Waals surface area contributed by atoms with Crippen molar-refractivity contribution in [1.82, 2.24) is 5.32 Å². The Morgan fingerprint density at radius 3 is 2.35 bits per heavy atom. The summed E-state index contributed by atoms with van der Waals surface area (Å²) in [5.74, 6) is -1.57. The molecule has 6 nitrogen and oxygen atoms in total. The number of aliphatic hydroxyl groups is 1. The van der Waals surface area contributed by atoms with Gasteiger partial charge in [0, 0.05) is 6.54 Å². The second kappa shape index (κ2) is 5.97. The third-order valence-electron chi connectivity index (χ3n) is 3.42. The normalized spacial score (nSPS) is 20.6. The summed E-state index contributed by atoms with van der Waals surface area (Å²) in [5, 5.41) is 20.1. The van der Waals surface area contributed by atoms with Crippen LogP contribution in [0, 0.1) is 5.41 Å². The molecule has 1 fully saturated rings. The van der Waals surface area contributed by atoms with Crippen molar-refractivity contribution >= 4 is 11.9 Å². The molecule has 98 valence electrons. The Hall–Kier alpha value is -1.14. The molecule has 0 unspecified atom stereocenters. The van der Waals surface area contributed by atoms with Gasteiger partial charge in [0.15, 0.2) is 6.10 Å². The van der Waals surface area contributed by atoms with Crippen LogP contribution < -0.4 is 11.1 Å². The summed E-state index contributed by atoms with van der Waals surface area (Å²) in [6, 6.07) is 0. The Morgan fingerprint density at radius 2 is 1.88 bits per heavy atom. The molecule has 0 aromatic heterocycles. The first-order valence-electron chi connectivity index (χ1n) is 5.91. The third kappa shape index (κ3) is 3.41. The molecule has 17 heavy (non-hydrogen) atoms. The minimum atomic E-state index is -1.56. The summed E-state index contributed by atoms with van der Waals surface area (Å²) in [5.41, 5.74) is 5.09. The number of hydrogen-bond acceptors (Lipinski definition) is 4. The van der Waals surface area contributed by atoms with Gasteiger partial charge in [0.05, 0.1) is 12.0 Å². The van der Waals surface area contributed by atoms with E-state index < -0.39 is 17.5 Å². The van der Waals surface area contributed by atoms with E-state index in [1.807, 2.05) is 0 Å². The largest absolute Gasteiger partial charge is 0.479 e. The molecule has 0 radical (unpaired) electrons. The van der Waals surface area contributed by atoms with Crippen LogP contribution in [0.5, 0.6) is 0 Å². The molecule has 0 spiro atoms. The van der Waals surface area contributed by atoms with E-state index in [4.69, 9.17) is 15.9 Å². The van der Waals surface area contributed by atoms with E-state index in [0.717, 1.165) is 32.1 Å². The van der Waals surface area contributed by atoms with Gasteiger partial charge in [-0.25, -0.2) is 4.79 Å². The number of carbonyl (C=O) groups excluding carboxylic acids is 1. The number of aliphatic carboxylic acids is 1. The summed E-state index contributed by atoms with van der Waals surface area (Å²) in [6.07, 6.45) is 2.94. The molecular weight excluding hydrogens is 224 g/mol. The van der Waals surface area contributed by atoms with E-state index in [1.54, 1.807) is 0 Å². The lowest BCUT2D eigenvalue weighted by Gasteiger charge is -2.34. The summed E-state index contributed by atoms with van der Waals surface area (Å²) in [7, 11) is 0. The summed E-state index contributed by atoms with van der Waals surface area (Å²) >= 11 is 0. The van der Waals surface area contributed by atoms with Crippen molar-refractivity contribution in [2.75, 3.05) is 13.1 Å². The van der Waals surface area contributed by atoms with E-state index in [1.165, 1.54) is 0 Å². The Bertz CT molecular complexity index is 287. The lowest BCUT2D eigenvalue weighted by molar-refractivity contribution is -0.146. The number of aliphatic hydroxyl groups excluding tert-OH is 1. The molecule has 1 rings (SSSR count). The van der Waals surface area contributed by atoms with Gasteiger partial charge < -0.3 is 21.3 Å². The molecule has 5 N–H and O–H groups in total. The topological polar surface area (TPSA) is 113 Å². The zero-order valence-electron chi connectivity index (χ0n) is 9.82. The molecular formula is C11H20N2O4. The van der Waals surface area contributed by atoms with E-state index >= 15 is 0 Å². The number of amides is 1. The first-order chi connectivity index (χ1) is 8.02. The minimum absolute atomic E-state index is 0.236. The molecule has 1 saturated carbocycles. The van der Waals surface area contributed by atoms with Crippen molar-refractivity contribution in [2.45, 2.75) is 38.2 Å². The van der Waals surface area contributed by atoms with Crippen LogP contribution in [0.1, 0.15) is 32.1 Å². The van der Waals surface area contributed by atoms with Crippen LogP contribution in [0.25, 0.3) is 0 Å². The van der Waals surface area contributed by atoms with Crippen molar-refractivity contribution in [1.29, 1.82) is 0 Å². The van der Waals surface area contributed by atoms with Gasteiger partial charge in [-0.3, -0.25) is 4.79 Å². The first kappa shape index (κ1) is 13.9. The highest BCUT2D eigenvalue weighted by atomic mass is 16.4. The highest BCUT2D eigenvalue weighted by molar-refractivity contribution is 5.83. The van der Waals surface area contributed by atoms with E-state index in [0.29, 0.717) is 0 Å². The molecule has 6 heteroatoms. The fraction of sp³-hybridized carbons (Fsp3) is 0.818. The van der Waals surface area contributed by atoms with Crippen LogP contribution in [-0.4, -0.2) is 41.3 Å². The molecule has 1 atom stereocenters. The van der Waals surface area contributed by atoms with Crippen LogP contribution in [0.15, 0.2) is 0 Å². The van der Waals surface area contributed by atoms with Gasteiger partial charge in [-0.15, -0.1) is 0 Å². The second-order valence-electron chi connectivity index (χ2n) is 4.61. The summed E-state index contributed by atoms with van der Waals surface area (Å²) in [4.78, 5) is 22.4. The fourth-order valence-corrected chi connectivity index (χ4v) is 2.22. The van der Waals surface area contributed by atoms with Crippen molar-refractivity contribution in [3.63, 3.8) is 0 Å². The van der Waals surface area contributed by atoms with E-state index in [-0.39, 0.29) is 19.0 Å². The van der Waals surface area contributed by atoms with Gasteiger partial charge in [0.25, 0.3) is 0 Å². The fourth-order valence-electron chi connectivity index (χ4n) is 2.22. The quantitative estimate of drug-likeness (QED) is 0.518. The second-order valence-corrected chi connectivity index (χ2v) is 4.61. The van der Waals surface area contributed by atoms with Crippen molar-refractivity contribution in [2.24, 2.45) is 11.1 Å². The van der Waals surface area contributed by atoms with Crippen LogP contribution >= 0.6 is 0 Å². The number of rotatable bonds is 5. The predicted molar refractivity (Wildman–Crippen MR) is 61.2 cm³/mol. The first-order valence-corrected chi connectivity index (χ1v) is 5.91. The van der Waals surface area contributed by atoms with Gasteiger partial charge in [-0.2, -0.15) is 0 Å². The highest BCUT2D eigenvalue weighted by Crippen LogP contribution is 2.35. The Kier molecular flexibility index (Phi) is 4.89. The average Bonchev–Trinajstić information content (AvgIpc) is 2.36. The van der Waals surface area contributed by atoms with Crippen LogP contribution in [0.2, 0.25) is 0 Å². The Morgan fingerprint density at radius 1 is 1.29 bits per heavy atom. The lowest BCUT2D eigenvalue weighted by atomic mass is 9.73. The Balaban J connectivity index is 2.52. The van der Waals surface area contributed by atoms with Crippen molar-refractivity contribution in [3.8, 4) is 0 Å². The van der Waals surface area contributed by atoms with Crippen LogP contribution in [0.4, 0.5) is 0 Å². The number of nitrogens with one attached hydrogen (secondary N) is 1. The molecule has 0 bridgehead atoms. The number of carbonyl (C=O) groups is 2. The summed E-state index contributed by atoms with van der Waals surface area (Å²) in [6.45, 7) is -0.00207. The molecule has 1 aliphatic rings. The van der Waals surface area contributed by atoms with E-state index in [9.17, 15) is 9.59 Å². The molecule has 0 aromatic carbocycles. The minimum Gasteiger partial charge on any atom is -0.479 e. The van der Waals surface area contributed by atoms with Crippen molar-refractivity contribution < 1.29 is 19.8 Å². The number of carboxylic acid groups (broad SMARTS) is 1. The molecule has 0 aromatic rings. The van der Waals surface area contributed by atoms with Gasteiger partial charge in [-0.1, -0.05) is 19.3 Å². The smallest absolute Gasteiger partial charge is 0.334 e. The zero-order chi connectivity index (χ0) is 12.9. The molecule has 0 heterocycles. The maximum absolute atomic E-state index is 12.0. The zero-order valence-corrected chi connectivity index (χ0v) is 9.82. The average molecular weight is 244 g/mol. The molecule has 0 saturated heterocycles. The number of hydrogen-bond donors (Lipinski definition) is 4. The standard InChI is InChI=1S/C11H20N2O4/c12-7-11(4-2-1-3-5-11)10(17)13-6-8(14)9(15)16/h8,14H,1-7,12H2,(H,13,17)(H,15,16)/t8-/m0/s1. The van der Waals surface area contributed by atoms with Crippen LogP contribution in [0.3, 0.4) is 0 Å². The molecule has 0 aliphatic heterocycles. The van der Waals surface area contributed by atoms with Gasteiger partial charge in [-0.05, 0) is 12.8 Å². The van der Waals surface area contributed by atoms with Gasteiger partial charge in [0.1, 0.15) is 0 Å². The predicted octanol–water partition coefficient (Wildman–Crippen LogP) is -0.543. The Labute approximate surface area is 100 Å². The summed E-state index contributed by atoms with van der Waals surface area (Å²) < 4.78 is 0. The van der Waals surface area contributed by atoms with Gasteiger partial charge >= 0.3 is 5.97 Å². The monoisotopic (exact) mass is 244 g/mol. The maximum atomic E-state index is 12.0.